The first-order valence-electron chi connectivity index (χ1n) is 4.81. The highest BCUT2D eigenvalue weighted by molar-refractivity contribution is 6.07. The summed E-state index contributed by atoms with van der Waals surface area (Å²) in [5, 5.41) is 12.2. The van der Waals surface area contributed by atoms with Gasteiger partial charge in [-0.25, -0.2) is 0 Å². The minimum atomic E-state index is -0.421. The van der Waals surface area contributed by atoms with Crippen molar-refractivity contribution < 1.29 is 9.90 Å². The highest BCUT2D eigenvalue weighted by Gasteiger charge is 2.55. The summed E-state index contributed by atoms with van der Waals surface area (Å²) in [4.78, 5) is 11.8. The quantitative estimate of drug-likeness (QED) is 0.640. The normalized spacial score (nSPS) is 33.8. The Morgan fingerprint density at radius 3 is 2.79 bits per heavy atom. The summed E-state index contributed by atoms with van der Waals surface area (Å²) in [5.41, 5.74) is 1.54. The third-order valence-corrected chi connectivity index (χ3v) is 3.29. The van der Waals surface area contributed by atoms with E-state index in [1.165, 1.54) is 0 Å². The SMILES string of the molecule is O=C1Nc2ccccc2C12CC(O)C2. The first-order chi connectivity index (χ1) is 6.72. The van der Waals surface area contributed by atoms with Crippen LogP contribution in [0.3, 0.4) is 0 Å². The van der Waals surface area contributed by atoms with Crippen LogP contribution >= 0.6 is 0 Å². The van der Waals surface area contributed by atoms with Crippen molar-refractivity contribution in [1.29, 1.82) is 0 Å². The zero-order chi connectivity index (χ0) is 9.76. The lowest BCUT2D eigenvalue weighted by Crippen LogP contribution is -2.49. The van der Waals surface area contributed by atoms with Crippen LogP contribution in [0.4, 0.5) is 5.69 Å². The zero-order valence-corrected chi connectivity index (χ0v) is 7.66. The topological polar surface area (TPSA) is 49.3 Å². The molecular weight excluding hydrogens is 178 g/mol. The van der Waals surface area contributed by atoms with Crippen molar-refractivity contribution >= 4 is 11.6 Å². The van der Waals surface area contributed by atoms with Gasteiger partial charge in [-0.3, -0.25) is 4.79 Å². The number of aliphatic hydroxyl groups excluding tert-OH is 1. The number of hydrogen-bond donors (Lipinski definition) is 2. The Labute approximate surface area is 81.8 Å². The molecule has 0 saturated heterocycles. The van der Waals surface area contributed by atoms with Crippen LogP contribution < -0.4 is 5.32 Å². The third-order valence-electron chi connectivity index (χ3n) is 3.29. The molecule has 1 spiro atoms. The fourth-order valence-electron chi connectivity index (χ4n) is 2.52. The monoisotopic (exact) mass is 189 g/mol. The molecule has 3 nitrogen and oxygen atoms in total. The molecule has 1 saturated carbocycles. The van der Waals surface area contributed by atoms with Crippen LogP contribution in [0.15, 0.2) is 24.3 Å². The highest BCUT2D eigenvalue weighted by atomic mass is 16.3. The van der Waals surface area contributed by atoms with Crippen molar-refractivity contribution in [2.45, 2.75) is 24.4 Å². The number of aliphatic hydroxyl groups is 1. The van der Waals surface area contributed by atoms with E-state index in [0.717, 1.165) is 11.3 Å². The van der Waals surface area contributed by atoms with Crippen LogP contribution in [0, 0.1) is 0 Å². The molecule has 0 atom stereocenters. The molecule has 1 aromatic rings. The molecule has 14 heavy (non-hydrogen) atoms. The number of benzene rings is 1. The van der Waals surface area contributed by atoms with Gasteiger partial charge in [-0.1, -0.05) is 18.2 Å². The molecule has 72 valence electrons. The summed E-state index contributed by atoms with van der Waals surface area (Å²) in [6, 6.07) is 7.73. The second-order valence-corrected chi connectivity index (χ2v) is 4.14. The fourth-order valence-corrected chi connectivity index (χ4v) is 2.52. The number of amides is 1. The molecule has 1 heterocycles. The molecular formula is C11H11NO2. The number of rotatable bonds is 0. The molecule has 1 aliphatic carbocycles. The molecule has 1 aromatic carbocycles. The van der Waals surface area contributed by atoms with Crippen LogP contribution in [0.1, 0.15) is 18.4 Å². The molecule has 0 aromatic heterocycles. The lowest BCUT2D eigenvalue weighted by atomic mass is 9.63. The van der Waals surface area contributed by atoms with Gasteiger partial charge in [0.05, 0.1) is 11.5 Å². The van der Waals surface area contributed by atoms with E-state index in [1.807, 2.05) is 24.3 Å². The van der Waals surface area contributed by atoms with Crippen molar-refractivity contribution in [2.24, 2.45) is 0 Å². The number of anilines is 1. The summed E-state index contributed by atoms with van der Waals surface area (Å²) in [6.07, 6.45) is 0.818. The Kier molecular flexibility index (Phi) is 1.35. The predicted octanol–water partition coefficient (Wildman–Crippen LogP) is 1.03. The first kappa shape index (κ1) is 8.00. The number of carbonyl (C=O) groups excluding carboxylic acids is 1. The van der Waals surface area contributed by atoms with Gasteiger partial charge in [0.1, 0.15) is 0 Å². The van der Waals surface area contributed by atoms with Crippen LogP contribution in [-0.4, -0.2) is 17.1 Å². The minimum Gasteiger partial charge on any atom is -0.393 e. The Balaban J connectivity index is 2.12. The second-order valence-electron chi connectivity index (χ2n) is 4.14. The van der Waals surface area contributed by atoms with Crippen LogP contribution in [-0.2, 0) is 10.2 Å². The van der Waals surface area contributed by atoms with Gasteiger partial charge in [-0.15, -0.1) is 0 Å². The Hall–Kier alpha value is -1.35. The number of para-hydroxylation sites is 1. The maximum Gasteiger partial charge on any atom is 0.235 e. The van der Waals surface area contributed by atoms with Crippen LogP contribution in [0.2, 0.25) is 0 Å². The van der Waals surface area contributed by atoms with E-state index in [0.29, 0.717) is 12.8 Å². The fraction of sp³-hybridized carbons (Fsp3) is 0.364. The average Bonchev–Trinajstić information content (AvgIpc) is 2.40. The summed E-state index contributed by atoms with van der Waals surface area (Å²) in [6.45, 7) is 0. The Morgan fingerprint density at radius 2 is 2.07 bits per heavy atom. The van der Waals surface area contributed by atoms with Crippen molar-refractivity contribution in [3.05, 3.63) is 29.8 Å². The zero-order valence-electron chi connectivity index (χ0n) is 7.66. The number of hydrogen-bond acceptors (Lipinski definition) is 2. The van der Waals surface area contributed by atoms with Crippen LogP contribution in [0.25, 0.3) is 0 Å². The molecule has 1 aliphatic heterocycles. The predicted molar refractivity (Wildman–Crippen MR) is 52.0 cm³/mol. The standard InChI is InChI=1S/C11H11NO2/c13-7-5-11(6-7)8-3-1-2-4-9(8)12-10(11)14/h1-4,7,13H,5-6H2,(H,12,14). The van der Waals surface area contributed by atoms with E-state index >= 15 is 0 Å². The van der Waals surface area contributed by atoms with Gasteiger partial charge in [0, 0.05) is 5.69 Å². The van der Waals surface area contributed by atoms with Crippen molar-refractivity contribution in [3.8, 4) is 0 Å². The average molecular weight is 189 g/mol. The Morgan fingerprint density at radius 1 is 1.36 bits per heavy atom. The number of carbonyl (C=O) groups is 1. The smallest absolute Gasteiger partial charge is 0.235 e. The summed E-state index contributed by atoms with van der Waals surface area (Å²) in [5.74, 6) is 0.0454. The van der Waals surface area contributed by atoms with Gasteiger partial charge in [0.2, 0.25) is 5.91 Å². The van der Waals surface area contributed by atoms with Gasteiger partial charge >= 0.3 is 0 Å². The molecule has 1 fully saturated rings. The Bertz CT molecular complexity index is 408. The van der Waals surface area contributed by atoms with E-state index in [1.54, 1.807) is 0 Å². The summed E-state index contributed by atoms with van der Waals surface area (Å²) in [7, 11) is 0. The van der Waals surface area contributed by atoms with Crippen LogP contribution in [0.5, 0.6) is 0 Å². The maximum atomic E-state index is 11.8. The van der Waals surface area contributed by atoms with Crippen molar-refractivity contribution in [1.82, 2.24) is 0 Å². The van der Waals surface area contributed by atoms with E-state index in [2.05, 4.69) is 5.32 Å². The maximum absolute atomic E-state index is 11.8. The highest BCUT2D eigenvalue weighted by Crippen LogP contribution is 2.50. The molecule has 3 heteroatoms. The summed E-state index contributed by atoms with van der Waals surface area (Å²) < 4.78 is 0. The molecule has 3 rings (SSSR count). The number of nitrogens with one attached hydrogen (secondary N) is 1. The second kappa shape index (κ2) is 2.36. The van der Waals surface area contributed by atoms with Gasteiger partial charge < -0.3 is 10.4 Å². The van der Waals surface area contributed by atoms with Gasteiger partial charge in [-0.05, 0) is 24.5 Å². The third kappa shape index (κ3) is 0.780. The van der Waals surface area contributed by atoms with Gasteiger partial charge in [0.25, 0.3) is 0 Å². The first-order valence-corrected chi connectivity index (χ1v) is 4.81. The molecule has 0 unspecified atom stereocenters. The van der Waals surface area contributed by atoms with Gasteiger partial charge in [0.15, 0.2) is 0 Å². The van der Waals surface area contributed by atoms with Crippen molar-refractivity contribution in [2.75, 3.05) is 5.32 Å². The van der Waals surface area contributed by atoms with E-state index in [9.17, 15) is 9.90 Å². The summed E-state index contributed by atoms with van der Waals surface area (Å²) >= 11 is 0. The number of fused-ring (bicyclic) bond motifs is 2. The molecule has 0 radical (unpaired) electrons. The van der Waals surface area contributed by atoms with E-state index < -0.39 is 5.41 Å². The largest absolute Gasteiger partial charge is 0.393 e. The molecule has 2 N–H and O–H groups in total. The lowest BCUT2D eigenvalue weighted by molar-refractivity contribution is -0.128. The van der Waals surface area contributed by atoms with Gasteiger partial charge in [-0.2, -0.15) is 0 Å². The minimum absolute atomic E-state index is 0.0454. The molecule has 1 amide bonds. The molecule has 2 aliphatic rings. The van der Waals surface area contributed by atoms with E-state index in [-0.39, 0.29) is 12.0 Å². The van der Waals surface area contributed by atoms with Crippen molar-refractivity contribution in [3.63, 3.8) is 0 Å². The molecule has 0 bridgehead atoms. The van der Waals surface area contributed by atoms with E-state index in [4.69, 9.17) is 0 Å². The lowest BCUT2D eigenvalue weighted by Gasteiger charge is -2.40.